The largest absolute Gasteiger partial charge is 0.325 e. The normalized spacial score (nSPS) is 26.1. The van der Waals surface area contributed by atoms with Crippen molar-refractivity contribution in [3.8, 4) is 0 Å². The Hall–Kier alpha value is -0.730. The molecule has 3 heteroatoms. The van der Waals surface area contributed by atoms with E-state index >= 15 is 0 Å². The number of piperidine rings is 1. The Labute approximate surface area is 112 Å². The maximum atomic E-state index is 12.3. The second-order valence-electron chi connectivity index (χ2n) is 6.29. The molecular weight excluding hydrogens is 224 g/mol. The summed E-state index contributed by atoms with van der Waals surface area (Å²) in [5.74, 6) is 2.23. The SMILES string of the molecule is CCC(C(C)C)C1CCCN(C(=O)N2CCC2)C1. The van der Waals surface area contributed by atoms with Crippen LogP contribution in [-0.2, 0) is 0 Å². The van der Waals surface area contributed by atoms with Gasteiger partial charge in [-0.1, -0.05) is 27.2 Å². The summed E-state index contributed by atoms with van der Waals surface area (Å²) in [5.41, 5.74) is 0. The lowest BCUT2D eigenvalue weighted by Gasteiger charge is -2.42. The van der Waals surface area contributed by atoms with Crippen LogP contribution in [0.1, 0.15) is 46.5 Å². The van der Waals surface area contributed by atoms with Gasteiger partial charge in [0.05, 0.1) is 0 Å². The topological polar surface area (TPSA) is 23.6 Å². The molecule has 0 bridgehead atoms. The molecule has 0 saturated carbocycles. The average Bonchev–Trinajstić information content (AvgIpc) is 2.27. The van der Waals surface area contributed by atoms with Crippen LogP contribution in [0.4, 0.5) is 4.79 Å². The van der Waals surface area contributed by atoms with Crippen molar-refractivity contribution in [1.29, 1.82) is 0 Å². The maximum absolute atomic E-state index is 12.3. The van der Waals surface area contributed by atoms with Crippen LogP contribution in [0.5, 0.6) is 0 Å². The summed E-state index contributed by atoms with van der Waals surface area (Å²) >= 11 is 0. The van der Waals surface area contributed by atoms with Crippen LogP contribution in [0.15, 0.2) is 0 Å². The molecule has 2 rings (SSSR count). The van der Waals surface area contributed by atoms with Gasteiger partial charge in [0.25, 0.3) is 0 Å². The van der Waals surface area contributed by atoms with E-state index in [4.69, 9.17) is 0 Å². The molecule has 3 nitrogen and oxygen atoms in total. The average molecular weight is 252 g/mol. The summed E-state index contributed by atoms with van der Waals surface area (Å²) in [6, 6.07) is 0.296. The third kappa shape index (κ3) is 2.81. The van der Waals surface area contributed by atoms with E-state index in [1.807, 2.05) is 4.90 Å². The van der Waals surface area contributed by atoms with Crippen LogP contribution < -0.4 is 0 Å². The van der Waals surface area contributed by atoms with Gasteiger partial charge in [0.1, 0.15) is 0 Å². The summed E-state index contributed by atoms with van der Waals surface area (Å²) in [5, 5.41) is 0. The Morgan fingerprint density at radius 1 is 1.17 bits per heavy atom. The van der Waals surface area contributed by atoms with Gasteiger partial charge in [-0.05, 0) is 37.0 Å². The molecule has 0 aliphatic carbocycles. The number of hydrogen-bond donors (Lipinski definition) is 0. The predicted octanol–water partition coefficient (Wildman–Crippen LogP) is 3.21. The van der Waals surface area contributed by atoms with Gasteiger partial charge in [0, 0.05) is 26.2 Å². The number of urea groups is 1. The number of hydrogen-bond acceptors (Lipinski definition) is 1. The number of amides is 2. The van der Waals surface area contributed by atoms with Crippen molar-refractivity contribution in [2.24, 2.45) is 17.8 Å². The Morgan fingerprint density at radius 3 is 2.33 bits per heavy atom. The highest BCUT2D eigenvalue weighted by molar-refractivity contribution is 5.75. The van der Waals surface area contributed by atoms with Gasteiger partial charge in [-0.25, -0.2) is 4.79 Å². The zero-order chi connectivity index (χ0) is 13.1. The minimum atomic E-state index is 0.296. The third-order valence-corrected chi connectivity index (χ3v) is 4.79. The summed E-state index contributed by atoms with van der Waals surface area (Å²) in [7, 11) is 0. The summed E-state index contributed by atoms with van der Waals surface area (Å²) in [6.07, 6.45) is 4.93. The van der Waals surface area contributed by atoms with Crippen LogP contribution in [-0.4, -0.2) is 42.0 Å². The molecule has 18 heavy (non-hydrogen) atoms. The molecule has 0 spiro atoms. The van der Waals surface area contributed by atoms with Gasteiger partial charge in [0.2, 0.25) is 0 Å². The molecule has 0 aromatic heterocycles. The Morgan fingerprint density at radius 2 is 1.83 bits per heavy atom. The zero-order valence-corrected chi connectivity index (χ0v) is 12.2. The van der Waals surface area contributed by atoms with E-state index in [1.54, 1.807) is 0 Å². The van der Waals surface area contributed by atoms with E-state index in [2.05, 4.69) is 25.7 Å². The molecule has 2 heterocycles. The molecule has 0 aromatic rings. The number of carbonyl (C=O) groups is 1. The fraction of sp³-hybridized carbons (Fsp3) is 0.933. The number of rotatable bonds is 3. The zero-order valence-electron chi connectivity index (χ0n) is 12.2. The molecule has 2 amide bonds. The maximum Gasteiger partial charge on any atom is 0.320 e. The first-order valence-electron chi connectivity index (χ1n) is 7.67. The number of nitrogens with zero attached hydrogens (tertiary/aromatic N) is 2. The second-order valence-corrected chi connectivity index (χ2v) is 6.29. The van der Waals surface area contributed by atoms with E-state index in [0.29, 0.717) is 11.9 Å². The predicted molar refractivity (Wildman–Crippen MR) is 74.5 cm³/mol. The lowest BCUT2D eigenvalue weighted by Crippen LogP contribution is -2.53. The minimum Gasteiger partial charge on any atom is -0.325 e. The van der Waals surface area contributed by atoms with Gasteiger partial charge < -0.3 is 9.80 Å². The van der Waals surface area contributed by atoms with Crippen LogP contribution in [0.2, 0.25) is 0 Å². The summed E-state index contributed by atoms with van der Waals surface area (Å²) in [4.78, 5) is 16.4. The van der Waals surface area contributed by atoms with Crippen molar-refractivity contribution in [3.63, 3.8) is 0 Å². The van der Waals surface area contributed by atoms with E-state index in [9.17, 15) is 4.79 Å². The standard InChI is InChI=1S/C15H28N2O/c1-4-14(12(2)3)13-7-5-8-17(11-13)15(18)16-9-6-10-16/h12-14H,4-11H2,1-3H3. The summed E-state index contributed by atoms with van der Waals surface area (Å²) in [6.45, 7) is 10.9. The highest BCUT2D eigenvalue weighted by Gasteiger charge is 2.33. The van der Waals surface area contributed by atoms with E-state index in [1.165, 1.54) is 25.7 Å². The number of carbonyl (C=O) groups excluding carboxylic acids is 1. The second kappa shape index (κ2) is 5.94. The fourth-order valence-corrected chi connectivity index (χ4v) is 3.59. The van der Waals surface area contributed by atoms with Crippen LogP contribution in [0, 0.1) is 17.8 Å². The third-order valence-electron chi connectivity index (χ3n) is 4.79. The lowest BCUT2D eigenvalue weighted by atomic mass is 9.77. The molecule has 2 aliphatic rings. The molecule has 2 aliphatic heterocycles. The van der Waals surface area contributed by atoms with Crippen molar-refractivity contribution < 1.29 is 4.79 Å². The lowest BCUT2D eigenvalue weighted by molar-refractivity contribution is 0.0857. The van der Waals surface area contributed by atoms with Crippen molar-refractivity contribution in [3.05, 3.63) is 0 Å². The molecule has 2 unspecified atom stereocenters. The van der Waals surface area contributed by atoms with Crippen LogP contribution in [0.3, 0.4) is 0 Å². The first-order valence-corrected chi connectivity index (χ1v) is 7.67. The van der Waals surface area contributed by atoms with Crippen LogP contribution in [0.25, 0.3) is 0 Å². The molecule has 2 atom stereocenters. The number of likely N-dealkylation sites (tertiary alicyclic amines) is 2. The molecule has 104 valence electrons. The summed E-state index contributed by atoms with van der Waals surface area (Å²) < 4.78 is 0. The first kappa shape index (κ1) is 13.7. The monoisotopic (exact) mass is 252 g/mol. The molecular formula is C15H28N2O. The van der Waals surface area contributed by atoms with Crippen molar-refractivity contribution in [1.82, 2.24) is 9.80 Å². The van der Waals surface area contributed by atoms with Gasteiger partial charge in [0.15, 0.2) is 0 Å². The Balaban J connectivity index is 1.92. The van der Waals surface area contributed by atoms with Gasteiger partial charge in [-0.2, -0.15) is 0 Å². The Bertz CT molecular complexity index is 286. The highest BCUT2D eigenvalue weighted by atomic mass is 16.2. The smallest absolute Gasteiger partial charge is 0.320 e. The van der Waals surface area contributed by atoms with Gasteiger partial charge in [-0.15, -0.1) is 0 Å². The van der Waals surface area contributed by atoms with E-state index in [-0.39, 0.29) is 0 Å². The molecule has 2 fully saturated rings. The van der Waals surface area contributed by atoms with E-state index in [0.717, 1.165) is 38.0 Å². The van der Waals surface area contributed by atoms with Gasteiger partial charge >= 0.3 is 6.03 Å². The molecule has 0 N–H and O–H groups in total. The Kier molecular flexibility index (Phi) is 4.52. The van der Waals surface area contributed by atoms with Crippen molar-refractivity contribution in [2.45, 2.75) is 46.5 Å². The highest BCUT2D eigenvalue weighted by Crippen LogP contribution is 2.32. The van der Waals surface area contributed by atoms with E-state index < -0.39 is 0 Å². The quantitative estimate of drug-likeness (QED) is 0.756. The molecule has 2 saturated heterocycles. The first-order chi connectivity index (χ1) is 8.63. The van der Waals surface area contributed by atoms with Crippen molar-refractivity contribution >= 4 is 6.03 Å². The fourth-order valence-electron chi connectivity index (χ4n) is 3.59. The minimum absolute atomic E-state index is 0.296. The van der Waals surface area contributed by atoms with Crippen LogP contribution >= 0.6 is 0 Å². The molecule has 0 aromatic carbocycles. The molecule has 0 radical (unpaired) electrons. The van der Waals surface area contributed by atoms with Crippen molar-refractivity contribution in [2.75, 3.05) is 26.2 Å². The van der Waals surface area contributed by atoms with Gasteiger partial charge in [-0.3, -0.25) is 0 Å².